The molecule has 0 aliphatic carbocycles. The summed E-state index contributed by atoms with van der Waals surface area (Å²) in [6.07, 6.45) is 2.20. The Hall–Kier alpha value is -2.40. The molecular weight excluding hydrogens is 386 g/mol. The summed E-state index contributed by atoms with van der Waals surface area (Å²) in [4.78, 5) is 31.3. The highest BCUT2D eigenvalue weighted by molar-refractivity contribution is 7.92. The fraction of sp³-hybridized carbons (Fsp3) is 0.588. The molecule has 1 aliphatic heterocycles. The van der Waals surface area contributed by atoms with E-state index in [4.69, 9.17) is 5.11 Å². The van der Waals surface area contributed by atoms with Crippen molar-refractivity contribution in [3.05, 3.63) is 17.8 Å². The van der Waals surface area contributed by atoms with Gasteiger partial charge in [0.1, 0.15) is 0 Å². The highest BCUT2D eigenvalue weighted by atomic mass is 32.2. The number of nitrogens with zero attached hydrogens (tertiary/aromatic N) is 3. The smallest absolute Gasteiger partial charge is 0.337 e. The van der Waals surface area contributed by atoms with Crippen molar-refractivity contribution in [2.24, 2.45) is 0 Å². The number of amides is 1. The summed E-state index contributed by atoms with van der Waals surface area (Å²) in [6.45, 7) is 8.30. The first-order chi connectivity index (χ1) is 12.8. The summed E-state index contributed by atoms with van der Waals surface area (Å²) < 4.78 is 25.6. The van der Waals surface area contributed by atoms with E-state index >= 15 is 0 Å². The Morgan fingerprint density at radius 3 is 2.32 bits per heavy atom. The molecule has 1 amide bonds. The van der Waals surface area contributed by atoms with Crippen molar-refractivity contribution in [3.63, 3.8) is 0 Å². The van der Waals surface area contributed by atoms with Gasteiger partial charge in [-0.15, -0.1) is 0 Å². The molecule has 28 heavy (non-hydrogen) atoms. The van der Waals surface area contributed by atoms with Crippen LogP contribution in [0.1, 0.15) is 31.1 Å². The number of piperazine rings is 1. The van der Waals surface area contributed by atoms with Crippen LogP contribution >= 0.6 is 0 Å². The Morgan fingerprint density at radius 2 is 1.82 bits per heavy atom. The molecule has 0 aromatic carbocycles. The predicted molar refractivity (Wildman–Crippen MR) is 106 cm³/mol. The zero-order valence-corrected chi connectivity index (χ0v) is 17.3. The van der Waals surface area contributed by atoms with Crippen molar-refractivity contribution in [2.75, 3.05) is 48.6 Å². The number of aromatic carboxylic acids is 1. The van der Waals surface area contributed by atoms with Gasteiger partial charge >= 0.3 is 5.97 Å². The van der Waals surface area contributed by atoms with Crippen LogP contribution in [0.3, 0.4) is 0 Å². The highest BCUT2D eigenvalue weighted by Gasteiger charge is 2.24. The van der Waals surface area contributed by atoms with Gasteiger partial charge < -0.3 is 15.3 Å². The summed E-state index contributed by atoms with van der Waals surface area (Å²) in [7, 11) is -3.60. The lowest BCUT2D eigenvalue weighted by Crippen LogP contribution is -2.52. The molecular formula is C17H27N5O5S. The standard InChI is InChI=1S/C17H27N5O5S/c1-17(2,3)19-14(23)11-21-5-7-22(8-6-21)15-13(20-28(4,26)27)9-12(10-18-15)16(24)25/h9-10,20H,5-8,11H2,1-4H3,(H,19,23)(H,24,25). The zero-order chi connectivity index (χ0) is 21.1. The second-order valence-corrected chi connectivity index (χ2v) is 9.58. The van der Waals surface area contributed by atoms with Gasteiger partial charge in [0, 0.05) is 37.9 Å². The number of hydrogen-bond donors (Lipinski definition) is 3. The number of carboxylic acids is 1. The molecule has 2 rings (SSSR count). The van der Waals surface area contributed by atoms with Gasteiger partial charge in [0.15, 0.2) is 5.82 Å². The Bertz CT molecular complexity index is 842. The van der Waals surface area contributed by atoms with Crippen molar-refractivity contribution in [1.29, 1.82) is 0 Å². The number of carboxylic acid groups (broad SMARTS) is 1. The number of carbonyl (C=O) groups is 2. The number of rotatable bonds is 6. The van der Waals surface area contributed by atoms with Crippen LogP contribution in [0.4, 0.5) is 11.5 Å². The van der Waals surface area contributed by atoms with Gasteiger partial charge in [-0.25, -0.2) is 18.2 Å². The van der Waals surface area contributed by atoms with E-state index < -0.39 is 16.0 Å². The van der Waals surface area contributed by atoms with Crippen LogP contribution in [0.2, 0.25) is 0 Å². The molecule has 1 aliphatic rings. The quantitative estimate of drug-likeness (QED) is 0.602. The topological polar surface area (TPSA) is 132 Å². The third kappa shape index (κ3) is 6.64. The van der Waals surface area contributed by atoms with Gasteiger partial charge in [-0.3, -0.25) is 14.4 Å². The first-order valence-electron chi connectivity index (χ1n) is 8.83. The molecule has 1 aromatic rings. The number of pyridine rings is 1. The average molecular weight is 414 g/mol. The van der Waals surface area contributed by atoms with Crippen molar-refractivity contribution in [3.8, 4) is 0 Å². The maximum absolute atomic E-state index is 12.1. The number of hydrogen-bond acceptors (Lipinski definition) is 7. The summed E-state index contributed by atoms with van der Waals surface area (Å²) in [5, 5.41) is 12.1. The minimum Gasteiger partial charge on any atom is -0.478 e. The predicted octanol–water partition coefficient (Wildman–Crippen LogP) is 0.188. The van der Waals surface area contributed by atoms with Crippen LogP contribution in [0.15, 0.2) is 12.3 Å². The van der Waals surface area contributed by atoms with Gasteiger partial charge in [0.05, 0.1) is 24.1 Å². The largest absolute Gasteiger partial charge is 0.478 e. The third-order valence-electron chi connectivity index (χ3n) is 3.96. The van der Waals surface area contributed by atoms with E-state index in [1.54, 1.807) is 0 Å². The van der Waals surface area contributed by atoms with Gasteiger partial charge in [-0.1, -0.05) is 0 Å². The van der Waals surface area contributed by atoms with E-state index in [2.05, 4.69) is 15.0 Å². The molecule has 156 valence electrons. The zero-order valence-electron chi connectivity index (χ0n) is 16.5. The SMILES string of the molecule is CC(C)(C)NC(=O)CN1CCN(c2ncc(C(=O)O)cc2NS(C)(=O)=O)CC1. The Kier molecular flexibility index (Phi) is 6.50. The van der Waals surface area contributed by atoms with Gasteiger partial charge in [0.25, 0.3) is 0 Å². The highest BCUT2D eigenvalue weighted by Crippen LogP contribution is 2.26. The first-order valence-corrected chi connectivity index (χ1v) is 10.7. The van der Waals surface area contributed by atoms with E-state index in [9.17, 15) is 18.0 Å². The molecule has 0 saturated carbocycles. The van der Waals surface area contributed by atoms with E-state index in [0.717, 1.165) is 6.26 Å². The normalized spacial score (nSPS) is 15.9. The first kappa shape index (κ1) is 21.9. The van der Waals surface area contributed by atoms with Gasteiger partial charge in [-0.05, 0) is 26.8 Å². The molecule has 0 atom stereocenters. The maximum atomic E-state index is 12.1. The molecule has 0 bridgehead atoms. The molecule has 10 nitrogen and oxygen atoms in total. The van der Waals surface area contributed by atoms with E-state index in [1.807, 2.05) is 30.6 Å². The molecule has 2 heterocycles. The number of carbonyl (C=O) groups excluding carboxylic acids is 1. The second kappa shape index (κ2) is 8.31. The van der Waals surface area contributed by atoms with E-state index in [1.165, 1.54) is 12.3 Å². The summed E-state index contributed by atoms with van der Waals surface area (Å²) >= 11 is 0. The maximum Gasteiger partial charge on any atom is 0.337 e. The molecule has 0 radical (unpaired) electrons. The van der Waals surface area contributed by atoms with Crippen molar-refractivity contribution in [2.45, 2.75) is 26.3 Å². The number of anilines is 2. The molecule has 0 unspecified atom stereocenters. The monoisotopic (exact) mass is 413 g/mol. The fourth-order valence-corrected chi connectivity index (χ4v) is 3.43. The second-order valence-electron chi connectivity index (χ2n) is 7.84. The lowest BCUT2D eigenvalue weighted by Gasteiger charge is -2.36. The molecule has 1 fully saturated rings. The minimum atomic E-state index is -3.60. The van der Waals surface area contributed by atoms with Crippen LogP contribution in [0.25, 0.3) is 0 Å². The van der Waals surface area contributed by atoms with Gasteiger partial charge in [0.2, 0.25) is 15.9 Å². The Balaban J connectivity index is 2.09. The average Bonchev–Trinajstić information content (AvgIpc) is 2.52. The molecule has 1 saturated heterocycles. The molecule has 3 N–H and O–H groups in total. The van der Waals surface area contributed by atoms with E-state index in [0.29, 0.717) is 32.0 Å². The van der Waals surface area contributed by atoms with Gasteiger partial charge in [-0.2, -0.15) is 0 Å². The molecule has 0 spiro atoms. The van der Waals surface area contributed by atoms with Crippen molar-refractivity contribution < 1.29 is 23.1 Å². The summed E-state index contributed by atoms with van der Waals surface area (Å²) in [5.74, 6) is -0.871. The Labute approximate surface area is 165 Å². The Morgan fingerprint density at radius 1 is 1.21 bits per heavy atom. The summed E-state index contributed by atoms with van der Waals surface area (Å²) in [5.41, 5.74) is -0.269. The lowest BCUT2D eigenvalue weighted by molar-refractivity contribution is -0.123. The number of sulfonamides is 1. The van der Waals surface area contributed by atoms with Crippen LogP contribution < -0.4 is 14.9 Å². The fourth-order valence-electron chi connectivity index (χ4n) is 2.88. The van der Waals surface area contributed by atoms with Crippen LogP contribution in [-0.4, -0.2) is 79.8 Å². The molecule has 11 heteroatoms. The van der Waals surface area contributed by atoms with Crippen LogP contribution in [-0.2, 0) is 14.8 Å². The van der Waals surface area contributed by atoms with Crippen LogP contribution in [0, 0.1) is 0 Å². The number of nitrogens with one attached hydrogen (secondary N) is 2. The number of aromatic nitrogens is 1. The molecule has 1 aromatic heterocycles. The van der Waals surface area contributed by atoms with Crippen molar-refractivity contribution >= 4 is 33.4 Å². The summed E-state index contributed by atoms with van der Waals surface area (Å²) in [6, 6.07) is 1.26. The lowest BCUT2D eigenvalue weighted by atomic mass is 10.1. The van der Waals surface area contributed by atoms with Crippen LogP contribution in [0.5, 0.6) is 0 Å². The van der Waals surface area contributed by atoms with Crippen molar-refractivity contribution in [1.82, 2.24) is 15.2 Å². The third-order valence-corrected chi connectivity index (χ3v) is 4.55. The minimum absolute atomic E-state index is 0.0516. The van der Waals surface area contributed by atoms with E-state index in [-0.39, 0.29) is 29.2 Å².